The summed E-state index contributed by atoms with van der Waals surface area (Å²) in [5, 5.41) is 0.728. The van der Waals surface area contributed by atoms with Gasteiger partial charge in [0.2, 0.25) is 0 Å². The van der Waals surface area contributed by atoms with E-state index in [1.54, 1.807) is 0 Å². The minimum absolute atomic E-state index is 0.455. The van der Waals surface area contributed by atoms with Gasteiger partial charge >= 0.3 is 0 Å². The highest BCUT2D eigenvalue weighted by molar-refractivity contribution is 7.80. The van der Waals surface area contributed by atoms with Crippen molar-refractivity contribution in [1.29, 1.82) is 0 Å². The number of nitrogens with zero attached hydrogens (tertiary/aromatic N) is 1. The summed E-state index contributed by atoms with van der Waals surface area (Å²) in [6, 6.07) is 15.8. The molecule has 0 aromatic heterocycles. The highest BCUT2D eigenvalue weighted by Gasteiger charge is 2.19. The standard InChI is InChI=1S/C20H22ClNOS/c1-15-9-11-22(12-10-15)20(24)16-6-4-7-18(13-16)23-14-17-5-2-3-8-19(17)21/h2-8,13,15H,9-12,14H2,1H3. The lowest BCUT2D eigenvalue weighted by Gasteiger charge is -2.32. The van der Waals surface area contributed by atoms with E-state index in [1.165, 1.54) is 12.8 Å². The van der Waals surface area contributed by atoms with Crippen molar-refractivity contribution in [3.8, 4) is 5.75 Å². The zero-order chi connectivity index (χ0) is 16.9. The highest BCUT2D eigenvalue weighted by Crippen LogP contribution is 2.22. The molecule has 1 fully saturated rings. The molecule has 1 heterocycles. The van der Waals surface area contributed by atoms with E-state index in [0.717, 1.165) is 45.9 Å². The Balaban J connectivity index is 1.65. The third kappa shape index (κ3) is 4.28. The zero-order valence-corrected chi connectivity index (χ0v) is 15.4. The molecule has 1 aliphatic rings. The Kier molecular flexibility index (Phi) is 5.75. The van der Waals surface area contributed by atoms with Crippen LogP contribution >= 0.6 is 23.8 Å². The molecule has 1 saturated heterocycles. The maximum atomic E-state index is 6.18. The first-order valence-corrected chi connectivity index (χ1v) is 9.17. The van der Waals surface area contributed by atoms with Crippen molar-refractivity contribution in [3.05, 3.63) is 64.7 Å². The van der Waals surface area contributed by atoms with Crippen LogP contribution in [0, 0.1) is 5.92 Å². The Morgan fingerprint density at radius 3 is 2.67 bits per heavy atom. The fourth-order valence-corrected chi connectivity index (χ4v) is 3.39. The number of halogens is 1. The second-order valence-corrected chi connectivity index (χ2v) is 7.18. The number of hydrogen-bond acceptors (Lipinski definition) is 2. The van der Waals surface area contributed by atoms with Crippen molar-refractivity contribution in [2.75, 3.05) is 13.1 Å². The number of likely N-dealkylation sites (tertiary alicyclic amines) is 1. The fourth-order valence-electron chi connectivity index (χ4n) is 2.89. The van der Waals surface area contributed by atoms with Crippen LogP contribution in [0.3, 0.4) is 0 Å². The Hall–Kier alpha value is -1.58. The fraction of sp³-hybridized carbons (Fsp3) is 0.350. The van der Waals surface area contributed by atoms with Crippen molar-refractivity contribution in [2.45, 2.75) is 26.4 Å². The average Bonchev–Trinajstić information content (AvgIpc) is 2.61. The van der Waals surface area contributed by atoms with E-state index < -0.39 is 0 Å². The van der Waals surface area contributed by atoms with Gasteiger partial charge in [0.25, 0.3) is 0 Å². The van der Waals surface area contributed by atoms with Gasteiger partial charge in [-0.1, -0.05) is 61.1 Å². The summed E-state index contributed by atoms with van der Waals surface area (Å²) in [5.74, 6) is 1.62. The molecular weight excluding hydrogens is 338 g/mol. The van der Waals surface area contributed by atoms with Gasteiger partial charge < -0.3 is 9.64 Å². The summed E-state index contributed by atoms with van der Waals surface area (Å²) in [4.78, 5) is 3.23. The maximum absolute atomic E-state index is 6.18. The minimum Gasteiger partial charge on any atom is -0.489 e. The SMILES string of the molecule is CC1CCN(C(=S)c2cccc(OCc3ccccc3Cl)c2)CC1. The normalized spacial score (nSPS) is 15.3. The van der Waals surface area contributed by atoms with Crippen molar-refractivity contribution in [3.63, 3.8) is 0 Å². The Morgan fingerprint density at radius 2 is 1.92 bits per heavy atom. The summed E-state index contributed by atoms with van der Waals surface area (Å²) in [6.45, 7) is 4.86. The third-order valence-electron chi connectivity index (χ3n) is 4.50. The van der Waals surface area contributed by atoms with Gasteiger partial charge in [0.05, 0.1) is 0 Å². The van der Waals surface area contributed by atoms with Crippen LogP contribution in [0.25, 0.3) is 0 Å². The Morgan fingerprint density at radius 1 is 1.17 bits per heavy atom. The number of hydrogen-bond donors (Lipinski definition) is 0. The zero-order valence-electron chi connectivity index (χ0n) is 13.9. The van der Waals surface area contributed by atoms with Crippen LogP contribution in [-0.4, -0.2) is 23.0 Å². The Bertz CT molecular complexity index is 710. The summed E-state index contributed by atoms with van der Waals surface area (Å²) >= 11 is 11.9. The van der Waals surface area contributed by atoms with Gasteiger partial charge in [-0.2, -0.15) is 0 Å². The molecule has 0 unspecified atom stereocenters. The van der Waals surface area contributed by atoms with Crippen molar-refractivity contribution >= 4 is 28.8 Å². The van der Waals surface area contributed by atoms with Gasteiger partial charge in [-0.05, 0) is 37.0 Å². The smallest absolute Gasteiger partial charge is 0.120 e. The molecule has 0 N–H and O–H groups in total. The van der Waals surface area contributed by atoms with E-state index in [4.69, 9.17) is 28.6 Å². The number of benzene rings is 2. The monoisotopic (exact) mass is 359 g/mol. The van der Waals surface area contributed by atoms with E-state index in [9.17, 15) is 0 Å². The molecule has 3 rings (SSSR count). The predicted octanol–water partition coefficient (Wildman–Crippen LogP) is 5.33. The molecule has 0 amide bonds. The van der Waals surface area contributed by atoms with Crippen molar-refractivity contribution in [1.82, 2.24) is 4.90 Å². The number of piperidine rings is 1. The molecule has 0 radical (unpaired) electrons. The van der Waals surface area contributed by atoms with E-state index >= 15 is 0 Å². The lowest BCUT2D eigenvalue weighted by molar-refractivity contribution is 0.284. The molecule has 0 atom stereocenters. The first-order valence-electron chi connectivity index (χ1n) is 8.39. The maximum Gasteiger partial charge on any atom is 0.120 e. The summed E-state index contributed by atoms with van der Waals surface area (Å²) in [6.07, 6.45) is 2.42. The van der Waals surface area contributed by atoms with Gasteiger partial charge in [0, 0.05) is 29.2 Å². The van der Waals surface area contributed by atoms with E-state index in [-0.39, 0.29) is 0 Å². The molecule has 4 heteroatoms. The predicted molar refractivity (Wildman–Crippen MR) is 104 cm³/mol. The van der Waals surface area contributed by atoms with Crippen molar-refractivity contribution in [2.24, 2.45) is 5.92 Å². The average molecular weight is 360 g/mol. The molecule has 0 bridgehead atoms. The summed E-state index contributed by atoms with van der Waals surface area (Å²) in [7, 11) is 0. The van der Waals surface area contributed by atoms with Gasteiger partial charge in [-0.25, -0.2) is 0 Å². The van der Waals surface area contributed by atoms with Gasteiger partial charge in [-0.3, -0.25) is 0 Å². The lowest BCUT2D eigenvalue weighted by Crippen LogP contribution is -2.37. The molecule has 2 nitrogen and oxygen atoms in total. The lowest BCUT2D eigenvalue weighted by atomic mass is 9.99. The number of rotatable bonds is 4. The van der Waals surface area contributed by atoms with Crippen LogP contribution in [0.4, 0.5) is 0 Å². The molecule has 24 heavy (non-hydrogen) atoms. The molecule has 2 aromatic carbocycles. The molecule has 2 aromatic rings. The second kappa shape index (κ2) is 8.00. The van der Waals surface area contributed by atoms with E-state index in [1.807, 2.05) is 42.5 Å². The van der Waals surface area contributed by atoms with Crippen LogP contribution < -0.4 is 4.74 Å². The summed E-state index contributed by atoms with van der Waals surface area (Å²) < 4.78 is 5.91. The molecule has 126 valence electrons. The van der Waals surface area contributed by atoms with Gasteiger partial charge in [0.15, 0.2) is 0 Å². The van der Waals surface area contributed by atoms with Crippen LogP contribution in [-0.2, 0) is 6.61 Å². The second-order valence-electron chi connectivity index (χ2n) is 6.38. The Labute approximate surface area is 154 Å². The molecule has 0 spiro atoms. The van der Waals surface area contributed by atoms with Gasteiger partial charge in [0.1, 0.15) is 17.3 Å². The van der Waals surface area contributed by atoms with Crippen LogP contribution in [0.2, 0.25) is 5.02 Å². The molecular formula is C20H22ClNOS. The van der Waals surface area contributed by atoms with E-state index in [0.29, 0.717) is 6.61 Å². The molecule has 0 aliphatic carbocycles. The largest absolute Gasteiger partial charge is 0.489 e. The van der Waals surface area contributed by atoms with Crippen LogP contribution in [0.1, 0.15) is 30.9 Å². The first-order chi connectivity index (χ1) is 11.6. The highest BCUT2D eigenvalue weighted by atomic mass is 35.5. The van der Waals surface area contributed by atoms with Crippen LogP contribution in [0.5, 0.6) is 5.75 Å². The van der Waals surface area contributed by atoms with Crippen molar-refractivity contribution < 1.29 is 4.74 Å². The quantitative estimate of drug-likeness (QED) is 0.685. The molecule has 1 aliphatic heterocycles. The number of ether oxygens (including phenoxy) is 1. The minimum atomic E-state index is 0.455. The topological polar surface area (TPSA) is 12.5 Å². The molecule has 0 saturated carbocycles. The van der Waals surface area contributed by atoms with Crippen LogP contribution in [0.15, 0.2) is 48.5 Å². The first kappa shape index (κ1) is 17.2. The third-order valence-corrected chi connectivity index (χ3v) is 5.37. The summed E-state index contributed by atoms with van der Waals surface area (Å²) in [5.41, 5.74) is 2.04. The van der Waals surface area contributed by atoms with E-state index in [2.05, 4.69) is 17.9 Å². The van der Waals surface area contributed by atoms with Gasteiger partial charge in [-0.15, -0.1) is 0 Å². The number of thiocarbonyl (C=S) groups is 1.